The van der Waals surface area contributed by atoms with Crippen LogP contribution in [-0.4, -0.2) is 28.5 Å². The van der Waals surface area contributed by atoms with Crippen LogP contribution < -0.4 is 5.32 Å². The maximum Gasteiger partial charge on any atom is 0.411 e. The van der Waals surface area contributed by atoms with Crippen LogP contribution in [0.4, 0.5) is 17.6 Å². The average molecular weight is 449 g/mol. The number of halogens is 4. The van der Waals surface area contributed by atoms with Gasteiger partial charge in [-0.15, -0.1) is 0 Å². The Kier molecular flexibility index (Phi) is 7.29. The van der Waals surface area contributed by atoms with Crippen LogP contribution in [0.3, 0.4) is 0 Å². The van der Waals surface area contributed by atoms with E-state index in [1.807, 2.05) is 13.8 Å². The number of rotatable bonds is 8. The highest BCUT2D eigenvalue weighted by atomic mass is 19.4. The predicted molar refractivity (Wildman–Crippen MR) is 111 cm³/mol. The van der Waals surface area contributed by atoms with Crippen molar-refractivity contribution in [2.45, 2.75) is 39.1 Å². The minimum atomic E-state index is -4.36. The maximum absolute atomic E-state index is 13.2. The smallest absolute Gasteiger partial charge is 0.367 e. The van der Waals surface area contributed by atoms with Crippen molar-refractivity contribution in [3.8, 4) is 5.69 Å². The normalized spacial score (nSPS) is 11.7. The van der Waals surface area contributed by atoms with Crippen molar-refractivity contribution in [2.24, 2.45) is 0 Å². The van der Waals surface area contributed by atoms with Crippen LogP contribution in [0.25, 0.3) is 5.69 Å². The van der Waals surface area contributed by atoms with Gasteiger partial charge in [0.15, 0.2) is 0 Å². The Morgan fingerprint density at radius 1 is 1.06 bits per heavy atom. The third-order valence-corrected chi connectivity index (χ3v) is 4.68. The van der Waals surface area contributed by atoms with Gasteiger partial charge in [-0.1, -0.05) is 38.1 Å². The highest BCUT2D eigenvalue weighted by molar-refractivity contribution is 5.95. The van der Waals surface area contributed by atoms with Gasteiger partial charge in [0, 0.05) is 6.54 Å². The molecule has 0 spiro atoms. The molecule has 0 fully saturated rings. The largest absolute Gasteiger partial charge is 0.411 e. The fourth-order valence-electron chi connectivity index (χ4n) is 3.19. The van der Waals surface area contributed by atoms with Gasteiger partial charge in [0.2, 0.25) is 0 Å². The first-order chi connectivity index (χ1) is 15.1. The molecule has 0 radical (unpaired) electrons. The number of aromatic nitrogens is 2. The number of carbonyl (C=O) groups excluding carboxylic acids is 1. The molecular formula is C23H23F4N3O2. The van der Waals surface area contributed by atoms with E-state index in [2.05, 4.69) is 15.2 Å². The molecule has 0 saturated carbocycles. The number of hydrogen-bond acceptors (Lipinski definition) is 3. The number of carbonyl (C=O) groups is 1. The van der Waals surface area contributed by atoms with E-state index in [4.69, 9.17) is 0 Å². The minimum absolute atomic E-state index is 0.0146. The zero-order valence-electron chi connectivity index (χ0n) is 17.6. The third kappa shape index (κ3) is 6.16. The van der Waals surface area contributed by atoms with E-state index in [1.165, 1.54) is 18.3 Å². The highest BCUT2D eigenvalue weighted by Crippen LogP contribution is 2.23. The van der Waals surface area contributed by atoms with Gasteiger partial charge in [-0.3, -0.25) is 4.79 Å². The zero-order valence-corrected chi connectivity index (χ0v) is 17.6. The summed E-state index contributed by atoms with van der Waals surface area (Å²) in [6.07, 6.45) is -2.88. The van der Waals surface area contributed by atoms with Crippen molar-refractivity contribution in [1.82, 2.24) is 15.1 Å². The van der Waals surface area contributed by atoms with E-state index in [-0.39, 0.29) is 30.8 Å². The monoisotopic (exact) mass is 449 g/mol. The number of amides is 1. The van der Waals surface area contributed by atoms with E-state index in [0.29, 0.717) is 22.5 Å². The molecule has 170 valence electrons. The number of hydrogen-bond donors (Lipinski definition) is 1. The Bertz CT molecular complexity index is 1040. The van der Waals surface area contributed by atoms with Gasteiger partial charge in [-0.2, -0.15) is 18.3 Å². The number of ether oxygens (including phenoxy) is 1. The van der Waals surface area contributed by atoms with Gasteiger partial charge in [-0.25, -0.2) is 9.07 Å². The first-order valence-electron chi connectivity index (χ1n) is 9.98. The number of benzene rings is 2. The van der Waals surface area contributed by atoms with E-state index >= 15 is 0 Å². The van der Waals surface area contributed by atoms with E-state index in [1.54, 1.807) is 41.1 Å². The van der Waals surface area contributed by atoms with E-state index in [9.17, 15) is 22.4 Å². The van der Waals surface area contributed by atoms with Crippen molar-refractivity contribution in [3.63, 3.8) is 0 Å². The fraction of sp³-hybridized carbons (Fsp3) is 0.304. The standard InChI is InChI=1S/C23H23F4N3O2/c1-15(2)21-20(12-29-30(21)19-9-7-18(24)8-10-19)22(31)28-11-16-3-5-17(6-4-16)13-32-14-23(25,26)27/h3-10,12,15H,11,13-14H2,1-2H3,(H,28,31). The molecule has 0 saturated heterocycles. The zero-order chi connectivity index (χ0) is 23.3. The lowest BCUT2D eigenvalue weighted by atomic mass is 10.0. The molecule has 0 aliphatic heterocycles. The molecule has 1 N–H and O–H groups in total. The van der Waals surface area contributed by atoms with Crippen LogP contribution in [-0.2, 0) is 17.9 Å². The summed E-state index contributed by atoms with van der Waals surface area (Å²) in [6, 6.07) is 12.6. The molecule has 1 amide bonds. The van der Waals surface area contributed by atoms with Crippen LogP contribution in [0.1, 0.15) is 46.9 Å². The highest BCUT2D eigenvalue weighted by Gasteiger charge is 2.27. The van der Waals surface area contributed by atoms with Gasteiger partial charge in [0.05, 0.1) is 29.7 Å². The quantitative estimate of drug-likeness (QED) is 0.485. The van der Waals surface area contributed by atoms with Gasteiger partial charge < -0.3 is 10.1 Å². The molecule has 9 heteroatoms. The molecule has 2 aromatic carbocycles. The summed E-state index contributed by atoms with van der Waals surface area (Å²) in [4.78, 5) is 12.8. The number of nitrogens with one attached hydrogen (secondary N) is 1. The second kappa shape index (κ2) is 9.95. The van der Waals surface area contributed by atoms with Crippen molar-refractivity contribution >= 4 is 5.91 Å². The van der Waals surface area contributed by atoms with Crippen LogP contribution in [0, 0.1) is 5.82 Å². The lowest BCUT2D eigenvalue weighted by Gasteiger charge is -2.13. The molecule has 0 unspecified atom stereocenters. The molecular weight excluding hydrogens is 426 g/mol. The first-order valence-corrected chi connectivity index (χ1v) is 9.98. The summed E-state index contributed by atoms with van der Waals surface area (Å²) < 4.78 is 55.9. The van der Waals surface area contributed by atoms with Crippen molar-refractivity contribution in [2.75, 3.05) is 6.61 Å². The first kappa shape index (κ1) is 23.5. The second-order valence-electron chi connectivity index (χ2n) is 7.59. The number of nitrogens with zero attached hydrogens (tertiary/aromatic N) is 2. The van der Waals surface area contributed by atoms with Crippen molar-refractivity contribution in [3.05, 3.63) is 82.9 Å². The molecule has 5 nitrogen and oxygen atoms in total. The van der Waals surface area contributed by atoms with Gasteiger partial charge in [0.1, 0.15) is 12.4 Å². The Hall–Kier alpha value is -3.20. The van der Waals surface area contributed by atoms with Gasteiger partial charge in [-0.05, 0) is 41.3 Å². The molecule has 0 atom stereocenters. The summed E-state index contributed by atoms with van der Waals surface area (Å²) in [7, 11) is 0. The van der Waals surface area contributed by atoms with E-state index < -0.39 is 12.8 Å². The molecule has 3 aromatic rings. The molecule has 1 aromatic heterocycles. The molecule has 32 heavy (non-hydrogen) atoms. The van der Waals surface area contributed by atoms with E-state index in [0.717, 1.165) is 5.56 Å². The average Bonchev–Trinajstić information content (AvgIpc) is 3.18. The second-order valence-corrected chi connectivity index (χ2v) is 7.59. The van der Waals surface area contributed by atoms with Gasteiger partial charge >= 0.3 is 6.18 Å². The molecule has 0 aliphatic rings. The molecule has 0 aliphatic carbocycles. The minimum Gasteiger partial charge on any atom is -0.367 e. The van der Waals surface area contributed by atoms with Crippen molar-refractivity contribution in [1.29, 1.82) is 0 Å². The lowest BCUT2D eigenvalue weighted by Crippen LogP contribution is -2.24. The number of alkyl halides is 3. The van der Waals surface area contributed by atoms with Crippen LogP contribution in [0.15, 0.2) is 54.7 Å². The summed E-state index contributed by atoms with van der Waals surface area (Å²) in [5.74, 6) is -0.679. The lowest BCUT2D eigenvalue weighted by molar-refractivity contribution is -0.176. The predicted octanol–water partition coefficient (Wildman–Crippen LogP) is 5.14. The van der Waals surface area contributed by atoms with Crippen LogP contribution in [0.5, 0.6) is 0 Å². The summed E-state index contributed by atoms with van der Waals surface area (Å²) in [5, 5.41) is 7.14. The Labute approximate surface area is 183 Å². The summed E-state index contributed by atoms with van der Waals surface area (Å²) in [6.45, 7) is 2.67. The Morgan fingerprint density at radius 3 is 2.28 bits per heavy atom. The van der Waals surface area contributed by atoms with Gasteiger partial charge in [0.25, 0.3) is 5.91 Å². The molecule has 3 rings (SSSR count). The topological polar surface area (TPSA) is 56.1 Å². The van der Waals surface area contributed by atoms with Crippen molar-refractivity contribution < 1.29 is 27.1 Å². The molecule has 1 heterocycles. The SMILES string of the molecule is CC(C)c1c(C(=O)NCc2ccc(COCC(F)(F)F)cc2)cnn1-c1ccc(F)cc1. The van der Waals surface area contributed by atoms with Crippen LogP contribution >= 0.6 is 0 Å². The third-order valence-electron chi connectivity index (χ3n) is 4.68. The Balaban J connectivity index is 1.64. The Morgan fingerprint density at radius 2 is 1.69 bits per heavy atom. The maximum atomic E-state index is 13.2. The fourth-order valence-corrected chi connectivity index (χ4v) is 3.19. The summed E-state index contributed by atoms with van der Waals surface area (Å²) in [5.41, 5.74) is 3.16. The molecule has 0 bridgehead atoms. The summed E-state index contributed by atoms with van der Waals surface area (Å²) >= 11 is 0. The van der Waals surface area contributed by atoms with Crippen LogP contribution in [0.2, 0.25) is 0 Å².